The number of aromatic nitrogens is 3. The Kier molecular flexibility index (Phi) is 3.65. The Hall–Kier alpha value is -2.33. The highest BCUT2D eigenvalue weighted by Gasteiger charge is 2.10. The Morgan fingerprint density at radius 2 is 1.70 bits per heavy atom. The van der Waals surface area contributed by atoms with Crippen LogP contribution < -0.4 is 5.32 Å². The van der Waals surface area contributed by atoms with Gasteiger partial charge in [-0.15, -0.1) is 0 Å². The van der Waals surface area contributed by atoms with Crippen molar-refractivity contribution in [2.75, 3.05) is 5.32 Å². The van der Waals surface area contributed by atoms with Crippen molar-refractivity contribution in [3.05, 3.63) is 65.3 Å². The highest BCUT2D eigenvalue weighted by molar-refractivity contribution is 6.33. The molecule has 100 valence electrons. The number of nitrogens with one attached hydrogen (secondary N) is 2. The predicted molar refractivity (Wildman–Crippen MR) is 80.6 cm³/mol. The van der Waals surface area contributed by atoms with E-state index in [1.54, 1.807) is 0 Å². The molecule has 0 aliphatic carbocycles. The molecule has 0 saturated carbocycles. The largest absolute Gasteiger partial charge is 0.378 e. The zero-order valence-corrected chi connectivity index (χ0v) is 11.4. The number of halogens is 1. The Morgan fingerprint density at radius 1 is 0.950 bits per heavy atom. The van der Waals surface area contributed by atoms with E-state index in [9.17, 15) is 0 Å². The Morgan fingerprint density at radius 3 is 2.50 bits per heavy atom. The first-order chi connectivity index (χ1) is 9.84. The molecular weight excluding hydrogens is 272 g/mol. The topological polar surface area (TPSA) is 53.6 Å². The van der Waals surface area contributed by atoms with Gasteiger partial charge in [-0.05, 0) is 12.1 Å². The molecule has 2 N–H and O–H groups in total. The smallest absolute Gasteiger partial charge is 0.117 e. The Labute approximate surface area is 121 Å². The molecule has 1 heterocycles. The van der Waals surface area contributed by atoms with E-state index in [4.69, 9.17) is 11.6 Å². The number of hydrogen-bond donors (Lipinski definition) is 2. The summed E-state index contributed by atoms with van der Waals surface area (Å²) in [5.41, 5.74) is 3.63. The number of benzene rings is 2. The molecule has 5 heteroatoms. The van der Waals surface area contributed by atoms with Crippen LogP contribution in [-0.2, 0) is 6.54 Å². The fourth-order valence-electron chi connectivity index (χ4n) is 1.99. The summed E-state index contributed by atoms with van der Waals surface area (Å²) >= 11 is 6.11. The van der Waals surface area contributed by atoms with Crippen LogP contribution in [0.15, 0.2) is 54.6 Å². The molecule has 0 saturated heterocycles. The van der Waals surface area contributed by atoms with Gasteiger partial charge in [-0.25, -0.2) is 0 Å². The second-order valence-electron chi connectivity index (χ2n) is 4.32. The molecule has 0 amide bonds. The lowest BCUT2D eigenvalue weighted by molar-refractivity contribution is 0.911. The summed E-state index contributed by atoms with van der Waals surface area (Å²) < 4.78 is 0. The number of hydrogen-bond acceptors (Lipinski definition) is 3. The van der Waals surface area contributed by atoms with Crippen LogP contribution in [0.4, 0.5) is 5.69 Å². The fraction of sp³-hybridized carbons (Fsp3) is 0.0667. The van der Waals surface area contributed by atoms with Crippen LogP contribution in [0.5, 0.6) is 0 Å². The van der Waals surface area contributed by atoms with Crippen LogP contribution in [0.3, 0.4) is 0 Å². The van der Waals surface area contributed by atoms with E-state index < -0.39 is 0 Å². The van der Waals surface area contributed by atoms with Gasteiger partial charge in [0.25, 0.3) is 0 Å². The molecule has 3 aromatic rings. The van der Waals surface area contributed by atoms with Gasteiger partial charge in [-0.3, -0.25) is 0 Å². The zero-order valence-electron chi connectivity index (χ0n) is 10.7. The summed E-state index contributed by atoms with van der Waals surface area (Å²) in [5, 5.41) is 15.0. The van der Waals surface area contributed by atoms with Crippen LogP contribution in [0.25, 0.3) is 11.3 Å². The number of H-pyrrole nitrogens is 1. The maximum absolute atomic E-state index is 6.11. The van der Waals surface area contributed by atoms with Crippen LogP contribution in [0, 0.1) is 0 Å². The van der Waals surface area contributed by atoms with E-state index in [-0.39, 0.29) is 0 Å². The van der Waals surface area contributed by atoms with Gasteiger partial charge in [0.1, 0.15) is 11.4 Å². The molecule has 4 nitrogen and oxygen atoms in total. The van der Waals surface area contributed by atoms with Crippen LogP contribution in [0.1, 0.15) is 5.69 Å². The van der Waals surface area contributed by atoms with E-state index in [1.165, 1.54) is 0 Å². The molecule has 0 spiro atoms. The minimum Gasteiger partial charge on any atom is -0.378 e. The first-order valence-electron chi connectivity index (χ1n) is 6.28. The molecule has 3 rings (SSSR count). The molecular formula is C15H13ClN4. The number of aromatic amines is 1. The minimum atomic E-state index is 0.560. The Balaban J connectivity index is 1.80. The second kappa shape index (κ2) is 5.75. The highest BCUT2D eigenvalue weighted by atomic mass is 35.5. The van der Waals surface area contributed by atoms with E-state index in [2.05, 4.69) is 20.7 Å². The van der Waals surface area contributed by atoms with Gasteiger partial charge in [0.05, 0.1) is 17.3 Å². The van der Waals surface area contributed by atoms with Gasteiger partial charge in [0, 0.05) is 5.56 Å². The van der Waals surface area contributed by atoms with Crippen molar-refractivity contribution < 1.29 is 0 Å². The monoisotopic (exact) mass is 284 g/mol. The number of anilines is 1. The SMILES string of the molecule is Clc1ccccc1NCc1n[nH]nc1-c1ccccc1. The van der Waals surface area contributed by atoms with Crippen molar-refractivity contribution in [1.82, 2.24) is 15.4 Å². The summed E-state index contributed by atoms with van der Waals surface area (Å²) in [6.07, 6.45) is 0. The second-order valence-corrected chi connectivity index (χ2v) is 4.73. The average Bonchev–Trinajstić information content (AvgIpc) is 2.96. The number of rotatable bonds is 4. The maximum atomic E-state index is 6.11. The molecule has 0 atom stereocenters. The minimum absolute atomic E-state index is 0.560. The zero-order chi connectivity index (χ0) is 13.8. The van der Waals surface area contributed by atoms with Crippen molar-refractivity contribution in [2.24, 2.45) is 0 Å². The number of nitrogens with zero attached hydrogens (tertiary/aromatic N) is 2. The van der Waals surface area contributed by atoms with Crippen LogP contribution >= 0.6 is 11.6 Å². The van der Waals surface area contributed by atoms with E-state index in [0.29, 0.717) is 11.6 Å². The van der Waals surface area contributed by atoms with E-state index >= 15 is 0 Å². The molecule has 0 aliphatic heterocycles. The third-order valence-corrected chi connectivity index (χ3v) is 3.32. The highest BCUT2D eigenvalue weighted by Crippen LogP contribution is 2.23. The molecule has 0 unspecified atom stereocenters. The summed E-state index contributed by atoms with van der Waals surface area (Å²) in [6.45, 7) is 0.560. The summed E-state index contributed by atoms with van der Waals surface area (Å²) in [6, 6.07) is 17.6. The van der Waals surface area contributed by atoms with Crippen LogP contribution in [0.2, 0.25) is 5.02 Å². The van der Waals surface area contributed by atoms with Crippen molar-refractivity contribution in [3.63, 3.8) is 0 Å². The lowest BCUT2D eigenvalue weighted by Crippen LogP contribution is -2.01. The Bertz CT molecular complexity index is 694. The van der Waals surface area contributed by atoms with E-state index in [1.807, 2.05) is 54.6 Å². The molecule has 2 aromatic carbocycles. The number of para-hydroxylation sites is 1. The average molecular weight is 285 g/mol. The van der Waals surface area contributed by atoms with Crippen molar-refractivity contribution in [1.29, 1.82) is 0 Å². The maximum Gasteiger partial charge on any atom is 0.117 e. The summed E-state index contributed by atoms with van der Waals surface area (Å²) in [7, 11) is 0. The van der Waals surface area contributed by atoms with Gasteiger partial charge in [-0.1, -0.05) is 54.1 Å². The molecule has 0 fully saturated rings. The first-order valence-corrected chi connectivity index (χ1v) is 6.66. The molecule has 0 aliphatic rings. The first kappa shape index (κ1) is 12.7. The predicted octanol–water partition coefficient (Wildman–Crippen LogP) is 3.74. The lowest BCUT2D eigenvalue weighted by Gasteiger charge is -2.07. The molecule has 20 heavy (non-hydrogen) atoms. The van der Waals surface area contributed by atoms with Crippen molar-refractivity contribution >= 4 is 17.3 Å². The third-order valence-electron chi connectivity index (χ3n) is 2.99. The fourth-order valence-corrected chi connectivity index (χ4v) is 2.19. The molecule has 0 radical (unpaired) electrons. The lowest BCUT2D eigenvalue weighted by atomic mass is 10.1. The van der Waals surface area contributed by atoms with Crippen molar-refractivity contribution in [3.8, 4) is 11.3 Å². The van der Waals surface area contributed by atoms with Gasteiger partial charge >= 0.3 is 0 Å². The van der Waals surface area contributed by atoms with Gasteiger partial charge in [0.2, 0.25) is 0 Å². The van der Waals surface area contributed by atoms with Gasteiger partial charge in [0.15, 0.2) is 0 Å². The van der Waals surface area contributed by atoms with Gasteiger partial charge < -0.3 is 5.32 Å². The molecule has 1 aromatic heterocycles. The normalized spacial score (nSPS) is 10.4. The quantitative estimate of drug-likeness (QED) is 0.767. The summed E-state index contributed by atoms with van der Waals surface area (Å²) in [5.74, 6) is 0. The standard InChI is InChI=1S/C15H13ClN4/c16-12-8-4-5-9-13(12)17-10-14-15(19-20-18-14)11-6-2-1-3-7-11/h1-9,17H,10H2,(H,18,19,20). The summed E-state index contributed by atoms with van der Waals surface area (Å²) in [4.78, 5) is 0. The van der Waals surface area contributed by atoms with Gasteiger partial charge in [-0.2, -0.15) is 15.4 Å². The van der Waals surface area contributed by atoms with Crippen molar-refractivity contribution in [2.45, 2.75) is 6.54 Å². The third kappa shape index (κ3) is 2.65. The van der Waals surface area contributed by atoms with Crippen LogP contribution in [-0.4, -0.2) is 15.4 Å². The van der Waals surface area contributed by atoms with E-state index in [0.717, 1.165) is 22.6 Å². The molecule has 0 bridgehead atoms.